The highest BCUT2D eigenvalue weighted by atomic mass is 32.2. The van der Waals surface area contributed by atoms with Crippen molar-refractivity contribution in [1.82, 2.24) is 19.8 Å². The van der Waals surface area contributed by atoms with Gasteiger partial charge in [-0.25, -0.2) is 39.9 Å². The maximum atomic E-state index is 16.0. The van der Waals surface area contributed by atoms with E-state index in [-0.39, 0.29) is 12.8 Å². The van der Waals surface area contributed by atoms with Gasteiger partial charge in [-0.2, -0.15) is 30.0 Å². The van der Waals surface area contributed by atoms with Crippen molar-refractivity contribution in [2.45, 2.75) is 60.9 Å². The molecule has 3 aliphatic heterocycles. The number of sulfonamides is 2. The fourth-order valence-electron chi connectivity index (χ4n) is 7.56. The van der Waals surface area contributed by atoms with Crippen LogP contribution in [-0.2, 0) is 84.0 Å². The largest absolute Gasteiger partial charge is 0.478 e. The number of amides is 3. The number of nitrogens with two attached hydrogens (primary N) is 2. The van der Waals surface area contributed by atoms with Crippen LogP contribution in [0.1, 0.15) is 49.4 Å². The maximum Gasteiger partial charge on any atom is 0.339 e. The van der Waals surface area contributed by atoms with Crippen LogP contribution in [0.5, 0.6) is 0 Å². The predicted molar refractivity (Wildman–Crippen MR) is 245 cm³/mol. The smallest absolute Gasteiger partial charge is 0.339 e. The van der Waals surface area contributed by atoms with E-state index in [0.29, 0.717) is 17.2 Å². The number of benzene rings is 3. The van der Waals surface area contributed by atoms with Crippen molar-refractivity contribution in [3.05, 3.63) is 59.0 Å². The summed E-state index contributed by atoms with van der Waals surface area (Å²) in [4.78, 5) is 86.6. The van der Waals surface area contributed by atoms with Crippen molar-refractivity contribution in [3.63, 3.8) is 0 Å². The average molecular weight is 1160 g/mol. The summed E-state index contributed by atoms with van der Waals surface area (Å²) in [5.74, 6) is -20.0. The van der Waals surface area contributed by atoms with Crippen LogP contribution in [0.25, 0.3) is 33.4 Å². The highest BCUT2D eigenvalue weighted by Gasteiger charge is 2.40. The lowest BCUT2D eigenvalue weighted by Crippen LogP contribution is -2.50. The second-order valence-corrected chi connectivity index (χ2v) is 24.1. The lowest BCUT2D eigenvalue weighted by molar-refractivity contribution is -0.195. The number of ketones is 2. The first-order valence-corrected chi connectivity index (χ1v) is 28.6. The second kappa shape index (κ2) is 22.2. The van der Waals surface area contributed by atoms with E-state index in [9.17, 15) is 94.4 Å². The van der Waals surface area contributed by atoms with Crippen LogP contribution in [0.2, 0.25) is 0 Å². The first kappa shape index (κ1) is 59.1. The van der Waals surface area contributed by atoms with Crippen LogP contribution in [-0.4, -0.2) is 143 Å². The molecule has 3 atom stereocenters. The van der Waals surface area contributed by atoms with Gasteiger partial charge in [0.1, 0.15) is 33.9 Å². The molecule has 0 saturated carbocycles. The van der Waals surface area contributed by atoms with Crippen molar-refractivity contribution in [2.24, 2.45) is 5.92 Å². The van der Waals surface area contributed by atoms with E-state index in [1.54, 1.807) is 10.0 Å². The molecule has 2 bridgehead atoms. The average Bonchev–Trinajstić information content (AvgIpc) is 3.56. The number of hydrogen-bond acceptors (Lipinski definition) is 20. The number of carboxylic acids is 1. The molecule has 29 nitrogen and oxygen atoms in total. The molecule has 3 unspecified atom stereocenters. The first-order valence-electron chi connectivity index (χ1n) is 20.8. The van der Waals surface area contributed by atoms with Gasteiger partial charge in [0.25, 0.3) is 52.2 Å². The molecule has 408 valence electrons. The van der Waals surface area contributed by atoms with E-state index in [2.05, 4.69) is 4.84 Å². The molecular weight excluding hydrogens is 1120 g/mol. The second-order valence-electron chi connectivity index (χ2n) is 16.3. The Morgan fingerprint density at radius 1 is 0.787 bits per heavy atom. The van der Waals surface area contributed by atoms with Crippen molar-refractivity contribution in [2.75, 3.05) is 29.5 Å². The number of halogens is 2. The Bertz CT molecular complexity index is 3690. The van der Waals surface area contributed by atoms with E-state index >= 15 is 8.78 Å². The summed E-state index contributed by atoms with van der Waals surface area (Å²) >= 11 is 0. The minimum Gasteiger partial charge on any atom is -0.478 e. The molecule has 3 heterocycles. The molecule has 11 N–H and O–H groups in total. The lowest BCUT2D eigenvalue weighted by atomic mass is 9.90. The summed E-state index contributed by atoms with van der Waals surface area (Å²) in [6.45, 7) is 0.392. The number of rotatable bonds is 9. The molecule has 3 amide bonds. The molecule has 0 aromatic heterocycles. The van der Waals surface area contributed by atoms with E-state index in [1.165, 1.54) is 0 Å². The summed E-state index contributed by atoms with van der Waals surface area (Å²) in [5, 5.41) is 17.1. The SMILES string of the molecule is CC(=O)ON1C(=O)CCC1=O.Nc1ccc2c(-c3c(F)ccc(F)c3C(=O)O)c3ccc(=[NH2+])c4c-3oc2c1S(=O)(=O)NC(CS(=O)(=O)O)C(=O)CC(CS(=O)(=O)O)C(=O)NC(CS(=O)(=O)O)C(=O)CCCNS4(=O)=O. The molecule has 36 heteroatoms. The lowest BCUT2D eigenvalue weighted by Gasteiger charge is -2.24. The van der Waals surface area contributed by atoms with Crippen molar-refractivity contribution >= 4 is 108 Å². The quantitative estimate of drug-likeness (QED) is 0.0350. The van der Waals surface area contributed by atoms with Gasteiger partial charge in [0.2, 0.25) is 21.3 Å². The third kappa shape index (κ3) is 14.3. The summed E-state index contributed by atoms with van der Waals surface area (Å²) in [6, 6.07) is -0.572. The summed E-state index contributed by atoms with van der Waals surface area (Å²) in [7, 11) is -26.8. The van der Waals surface area contributed by atoms with Crippen LogP contribution >= 0.6 is 0 Å². The zero-order valence-electron chi connectivity index (χ0n) is 38.0. The number of imide groups is 1. The van der Waals surface area contributed by atoms with Crippen LogP contribution < -0.4 is 31.3 Å². The van der Waals surface area contributed by atoms with Gasteiger partial charge in [-0.15, -0.1) is 5.06 Å². The molecule has 75 heavy (non-hydrogen) atoms. The molecule has 0 spiro atoms. The zero-order chi connectivity index (χ0) is 56.5. The van der Waals surface area contributed by atoms with Crippen LogP contribution in [0, 0.1) is 17.6 Å². The van der Waals surface area contributed by atoms with Gasteiger partial charge in [0, 0.05) is 67.3 Å². The number of aromatic carboxylic acids is 1. The Morgan fingerprint density at radius 2 is 1.36 bits per heavy atom. The number of carbonyl (C=O) groups excluding carboxylic acids is 6. The third-order valence-corrected chi connectivity index (χ3v) is 16.1. The Hall–Kier alpha value is -6.77. The number of nitrogen functional groups attached to an aromatic ring is 1. The van der Waals surface area contributed by atoms with Gasteiger partial charge in [0.15, 0.2) is 27.8 Å². The minimum absolute atomic E-state index is 0.131. The van der Waals surface area contributed by atoms with Crippen LogP contribution in [0.3, 0.4) is 0 Å². The monoisotopic (exact) mass is 1160 g/mol. The van der Waals surface area contributed by atoms with Crippen LogP contribution in [0.15, 0.2) is 50.6 Å². The van der Waals surface area contributed by atoms with Gasteiger partial charge < -0.3 is 25.4 Å². The number of nitrogens with one attached hydrogen (secondary N) is 3. The Balaban J connectivity index is 0.000000837. The summed E-state index contributed by atoms with van der Waals surface area (Å²) in [6.07, 6.45) is -2.69. The molecule has 6 rings (SSSR count). The Morgan fingerprint density at radius 3 is 1.92 bits per heavy atom. The van der Waals surface area contributed by atoms with Crippen molar-refractivity contribution in [3.8, 4) is 22.5 Å². The van der Waals surface area contributed by atoms with E-state index in [4.69, 9.17) is 15.6 Å². The number of hydroxylamine groups is 2. The minimum atomic E-state index is -5.70. The Labute approximate surface area is 421 Å². The van der Waals surface area contributed by atoms with Gasteiger partial charge in [-0.1, -0.05) is 0 Å². The predicted octanol–water partition coefficient (Wildman–Crippen LogP) is -2.95. The number of nitrogens with zero attached hydrogens (tertiary/aromatic N) is 1. The zero-order valence-corrected chi connectivity index (χ0v) is 42.1. The topological polar surface area (TPSA) is 484 Å². The van der Waals surface area contributed by atoms with Gasteiger partial charge in [-0.3, -0.25) is 43.0 Å². The number of anilines is 1. The first-order chi connectivity index (χ1) is 34.4. The van der Waals surface area contributed by atoms with Crippen LogP contribution in [0.4, 0.5) is 14.5 Å². The van der Waals surface area contributed by atoms with Crippen molar-refractivity contribution in [1.29, 1.82) is 0 Å². The van der Waals surface area contributed by atoms with Crippen molar-refractivity contribution < 1.29 is 118 Å². The maximum absolute atomic E-state index is 16.0. The molecular formula is C39H41F2N6O23S5+. The summed E-state index contributed by atoms with van der Waals surface area (Å²) < 4.78 is 199. The molecule has 1 aliphatic carbocycles. The van der Waals surface area contributed by atoms with E-state index in [0.717, 1.165) is 31.2 Å². The molecule has 4 aliphatic rings. The summed E-state index contributed by atoms with van der Waals surface area (Å²) in [5.41, 5.74) is 0.283. The van der Waals surface area contributed by atoms with E-state index in [1.807, 2.05) is 4.72 Å². The number of hydrogen-bond donors (Lipinski definition) is 9. The highest BCUT2D eigenvalue weighted by molar-refractivity contribution is 7.90. The molecule has 1 saturated heterocycles. The molecule has 0 radical (unpaired) electrons. The highest BCUT2D eigenvalue weighted by Crippen LogP contribution is 2.46. The van der Waals surface area contributed by atoms with Gasteiger partial charge in [-0.05, 0) is 36.8 Å². The number of Topliss-reactive ketones (excluding diaryl/α,β-unsaturated/α-hetero) is 2. The van der Waals surface area contributed by atoms with Gasteiger partial charge >= 0.3 is 11.9 Å². The fourth-order valence-corrected chi connectivity index (χ4v) is 12.6. The fraction of sp³-hybridized carbons (Fsp3) is 0.333. The normalized spacial score (nSPS) is 20.2. The molecule has 2 aromatic carbocycles. The van der Waals surface area contributed by atoms with Gasteiger partial charge in [0.05, 0.1) is 29.2 Å². The molecule has 2 aromatic rings. The third-order valence-electron chi connectivity index (χ3n) is 10.6. The standard InChI is InChI=1S/C33H33F2N5O19S5.C6H7NO4/c34-17-5-6-18(35)27(33(44)45)26(17)25-15-3-7-19(36)30-28(15)59-29-16(25)4-8-20(37)31(29)64(57,58)40-22(13-62(52,53)54)24(42)10-14(11-60(46,47)48)32(43)39-21(12-61(49,50)51)23(41)2-1-9-38-63(30,55)56;1-4(8)11-7-5(9)2-3-6(7)10/h3-8,14,21-22,36,38,40H,1-2,9-13,37H2,(H,39,43)(H,44,45)(H,46,47,48)(H,49,50,51)(H,52,53,54);2-3H2,1H3/p+1. The number of carboxylic acid groups (broad SMARTS) is 1. The van der Waals surface area contributed by atoms with E-state index < -0.39 is 224 Å². The molecule has 1 fully saturated rings. The number of carbonyl (C=O) groups is 7. The Kier molecular flexibility index (Phi) is 17.5.